The average Bonchev–Trinajstić information content (AvgIpc) is 2.49. The molecular formula is C16H18N2O. The highest BCUT2D eigenvalue weighted by Crippen LogP contribution is 2.24. The predicted molar refractivity (Wildman–Crippen MR) is 76.2 cm³/mol. The first-order valence-corrected chi connectivity index (χ1v) is 6.80. The smallest absolute Gasteiger partial charge is 0.120 e. The van der Waals surface area contributed by atoms with Gasteiger partial charge in [0.2, 0.25) is 0 Å². The van der Waals surface area contributed by atoms with Gasteiger partial charge < -0.3 is 10.1 Å². The first-order chi connectivity index (χ1) is 9.42. The van der Waals surface area contributed by atoms with Gasteiger partial charge in [-0.2, -0.15) is 0 Å². The number of nitrogens with one attached hydrogen (secondary N) is 1. The molecule has 1 N–H and O–H groups in total. The SMILES string of the molecule is c1cc(OC2CCCNC2)cc(-c2ccncc2)c1. The summed E-state index contributed by atoms with van der Waals surface area (Å²) in [5, 5.41) is 3.37. The van der Waals surface area contributed by atoms with Gasteiger partial charge in [0.25, 0.3) is 0 Å². The van der Waals surface area contributed by atoms with E-state index in [0.717, 1.165) is 25.3 Å². The summed E-state index contributed by atoms with van der Waals surface area (Å²) in [5.74, 6) is 0.947. The zero-order chi connectivity index (χ0) is 12.9. The third-order valence-corrected chi connectivity index (χ3v) is 3.40. The molecule has 0 amide bonds. The molecule has 0 bridgehead atoms. The molecule has 98 valence electrons. The van der Waals surface area contributed by atoms with Crippen LogP contribution < -0.4 is 10.1 Å². The molecule has 3 nitrogen and oxygen atoms in total. The molecule has 0 radical (unpaired) electrons. The van der Waals surface area contributed by atoms with Gasteiger partial charge in [0, 0.05) is 18.9 Å². The molecule has 1 aromatic carbocycles. The summed E-state index contributed by atoms with van der Waals surface area (Å²) in [5.41, 5.74) is 2.34. The van der Waals surface area contributed by atoms with Crippen LogP contribution in [-0.2, 0) is 0 Å². The lowest BCUT2D eigenvalue weighted by atomic mass is 10.1. The van der Waals surface area contributed by atoms with E-state index in [1.807, 2.05) is 36.7 Å². The zero-order valence-corrected chi connectivity index (χ0v) is 10.9. The van der Waals surface area contributed by atoms with Crippen molar-refractivity contribution in [2.24, 2.45) is 0 Å². The van der Waals surface area contributed by atoms with Crippen molar-refractivity contribution in [3.63, 3.8) is 0 Å². The minimum absolute atomic E-state index is 0.293. The number of hydrogen-bond donors (Lipinski definition) is 1. The lowest BCUT2D eigenvalue weighted by Crippen LogP contribution is -2.37. The number of hydrogen-bond acceptors (Lipinski definition) is 3. The number of nitrogens with zero attached hydrogens (tertiary/aromatic N) is 1. The van der Waals surface area contributed by atoms with Crippen molar-refractivity contribution < 1.29 is 4.74 Å². The second kappa shape index (κ2) is 5.85. The van der Waals surface area contributed by atoms with Gasteiger partial charge in [-0.3, -0.25) is 4.98 Å². The Morgan fingerprint density at radius 1 is 1.11 bits per heavy atom. The molecule has 0 aliphatic carbocycles. The molecule has 3 rings (SSSR count). The van der Waals surface area contributed by atoms with Crippen molar-refractivity contribution in [1.29, 1.82) is 0 Å². The second-order valence-corrected chi connectivity index (χ2v) is 4.85. The highest BCUT2D eigenvalue weighted by Gasteiger charge is 2.14. The van der Waals surface area contributed by atoms with Crippen molar-refractivity contribution >= 4 is 0 Å². The Morgan fingerprint density at radius 2 is 2.00 bits per heavy atom. The van der Waals surface area contributed by atoms with Crippen LogP contribution in [0.2, 0.25) is 0 Å². The van der Waals surface area contributed by atoms with E-state index in [1.165, 1.54) is 17.5 Å². The minimum Gasteiger partial charge on any atom is -0.489 e. The quantitative estimate of drug-likeness (QED) is 0.914. The van der Waals surface area contributed by atoms with Crippen LogP contribution in [0, 0.1) is 0 Å². The van der Waals surface area contributed by atoms with E-state index in [2.05, 4.69) is 22.4 Å². The molecule has 1 saturated heterocycles. The van der Waals surface area contributed by atoms with E-state index >= 15 is 0 Å². The predicted octanol–water partition coefficient (Wildman–Crippen LogP) is 2.88. The number of benzene rings is 1. The molecule has 0 spiro atoms. The van der Waals surface area contributed by atoms with Crippen molar-refractivity contribution in [1.82, 2.24) is 10.3 Å². The fourth-order valence-corrected chi connectivity index (χ4v) is 2.41. The summed E-state index contributed by atoms with van der Waals surface area (Å²) in [6.45, 7) is 2.05. The molecule has 2 aromatic rings. The van der Waals surface area contributed by atoms with Crippen LogP contribution in [0.5, 0.6) is 5.75 Å². The van der Waals surface area contributed by atoms with Gasteiger partial charge >= 0.3 is 0 Å². The molecule has 1 aliphatic rings. The third-order valence-electron chi connectivity index (χ3n) is 3.40. The van der Waals surface area contributed by atoms with Crippen LogP contribution in [0.1, 0.15) is 12.8 Å². The summed E-state index contributed by atoms with van der Waals surface area (Å²) in [4.78, 5) is 4.05. The van der Waals surface area contributed by atoms with Gasteiger partial charge in [0.1, 0.15) is 11.9 Å². The summed E-state index contributed by atoms with van der Waals surface area (Å²) in [6, 6.07) is 12.3. The number of ether oxygens (including phenoxy) is 1. The average molecular weight is 254 g/mol. The van der Waals surface area contributed by atoms with Crippen molar-refractivity contribution in [3.05, 3.63) is 48.8 Å². The molecule has 1 unspecified atom stereocenters. The lowest BCUT2D eigenvalue weighted by molar-refractivity contribution is 0.167. The van der Waals surface area contributed by atoms with Gasteiger partial charge in [-0.1, -0.05) is 12.1 Å². The number of pyridine rings is 1. The monoisotopic (exact) mass is 254 g/mol. The minimum atomic E-state index is 0.293. The van der Waals surface area contributed by atoms with Gasteiger partial charge in [-0.25, -0.2) is 0 Å². The summed E-state index contributed by atoms with van der Waals surface area (Å²) < 4.78 is 6.04. The first-order valence-electron chi connectivity index (χ1n) is 6.80. The maximum Gasteiger partial charge on any atom is 0.120 e. The summed E-state index contributed by atoms with van der Waals surface area (Å²) >= 11 is 0. The van der Waals surface area contributed by atoms with Crippen LogP contribution in [0.3, 0.4) is 0 Å². The van der Waals surface area contributed by atoms with Crippen LogP contribution in [-0.4, -0.2) is 24.2 Å². The van der Waals surface area contributed by atoms with Crippen LogP contribution in [0.4, 0.5) is 0 Å². The Balaban J connectivity index is 1.76. The molecule has 1 aromatic heterocycles. The van der Waals surface area contributed by atoms with Crippen molar-refractivity contribution in [2.75, 3.05) is 13.1 Å². The van der Waals surface area contributed by atoms with E-state index < -0.39 is 0 Å². The van der Waals surface area contributed by atoms with Crippen LogP contribution in [0.25, 0.3) is 11.1 Å². The van der Waals surface area contributed by atoms with E-state index in [0.29, 0.717) is 6.10 Å². The highest BCUT2D eigenvalue weighted by molar-refractivity contribution is 5.64. The van der Waals surface area contributed by atoms with Gasteiger partial charge in [-0.05, 0) is 54.8 Å². The topological polar surface area (TPSA) is 34.1 Å². The van der Waals surface area contributed by atoms with Gasteiger partial charge in [-0.15, -0.1) is 0 Å². The first kappa shape index (κ1) is 12.2. The maximum absolute atomic E-state index is 6.04. The maximum atomic E-state index is 6.04. The Hall–Kier alpha value is -1.87. The van der Waals surface area contributed by atoms with Crippen molar-refractivity contribution in [3.8, 4) is 16.9 Å². The fourth-order valence-electron chi connectivity index (χ4n) is 2.41. The molecule has 1 fully saturated rings. The van der Waals surface area contributed by atoms with Crippen LogP contribution in [0.15, 0.2) is 48.8 Å². The molecule has 0 saturated carbocycles. The molecule has 1 atom stereocenters. The molecular weight excluding hydrogens is 236 g/mol. The Morgan fingerprint density at radius 3 is 2.79 bits per heavy atom. The van der Waals surface area contributed by atoms with E-state index in [4.69, 9.17) is 4.74 Å². The molecule has 2 heterocycles. The van der Waals surface area contributed by atoms with Gasteiger partial charge in [0.15, 0.2) is 0 Å². The number of rotatable bonds is 3. The Labute approximate surface area is 113 Å². The number of aromatic nitrogens is 1. The standard InChI is InChI=1S/C16H18N2O/c1-3-14(13-6-9-17-10-7-13)11-15(4-1)19-16-5-2-8-18-12-16/h1,3-4,6-7,9-11,16,18H,2,5,8,12H2. The Kier molecular flexibility index (Phi) is 3.75. The largest absolute Gasteiger partial charge is 0.489 e. The summed E-state index contributed by atoms with van der Waals surface area (Å²) in [7, 11) is 0. The molecule has 19 heavy (non-hydrogen) atoms. The molecule has 3 heteroatoms. The van der Waals surface area contributed by atoms with E-state index in [9.17, 15) is 0 Å². The Bertz CT molecular complexity index is 521. The van der Waals surface area contributed by atoms with Gasteiger partial charge in [0.05, 0.1) is 0 Å². The van der Waals surface area contributed by atoms with Crippen LogP contribution >= 0.6 is 0 Å². The van der Waals surface area contributed by atoms with Crippen molar-refractivity contribution in [2.45, 2.75) is 18.9 Å². The molecule has 1 aliphatic heterocycles. The zero-order valence-electron chi connectivity index (χ0n) is 10.9. The highest BCUT2D eigenvalue weighted by atomic mass is 16.5. The fraction of sp³-hybridized carbons (Fsp3) is 0.312. The number of piperidine rings is 1. The van der Waals surface area contributed by atoms with E-state index in [1.54, 1.807) is 0 Å². The van der Waals surface area contributed by atoms with E-state index in [-0.39, 0.29) is 0 Å². The summed E-state index contributed by atoms with van der Waals surface area (Å²) in [6.07, 6.45) is 6.24. The lowest BCUT2D eigenvalue weighted by Gasteiger charge is -2.24. The normalized spacial score (nSPS) is 19.1. The third kappa shape index (κ3) is 3.12. The second-order valence-electron chi connectivity index (χ2n) is 4.85.